The van der Waals surface area contributed by atoms with Gasteiger partial charge in [0.05, 0.1) is 27.2 Å². The van der Waals surface area contributed by atoms with E-state index in [-0.39, 0.29) is 0 Å². The van der Waals surface area contributed by atoms with Gasteiger partial charge in [0, 0.05) is 0 Å². The minimum absolute atomic E-state index is 1.12. The maximum atomic E-state index is 2.45. The van der Waals surface area contributed by atoms with Crippen LogP contribution in [0.2, 0.25) is 0 Å². The molecule has 1 heteroatoms. The summed E-state index contributed by atoms with van der Waals surface area (Å²) in [5, 5.41) is 0. The fraction of sp³-hybridized carbons (Fsp3) is 0.842. The van der Waals surface area contributed by atoms with E-state index in [2.05, 4.69) is 64.4 Å². The van der Waals surface area contributed by atoms with Crippen molar-refractivity contribution >= 4 is 0 Å². The normalized spacial score (nSPS) is 12.6. The summed E-state index contributed by atoms with van der Waals surface area (Å²) in [5.41, 5.74) is 0. The smallest absolute Gasteiger partial charge is 0.0782 e. The Hall–Kier alpha value is -0.820. The van der Waals surface area contributed by atoms with Gasteiger partial charge in [-0.25, -0.2) is 0 Å². The van der Waals surface area contributed by atoms with Gasteiger partial charge in [-0.3, -0.25) is 0 Å². The van der Waals surface area contributed by atoms with Crippen LogP contribution in [0.3, 0.4) is 0 Å². The van der Waals surface area contributed by atoms with Crippen molar-refractivity contribution in [3.63, 3.8) is 0 Å². The van der Waals surface area contributed by atoms with Crippen LogP contribution in [0.25, 0.3) is 0 Å². The molecule has 0 saturated heterocycles. The summed E-state index contributed by atoms with van der Waals surface area (Å²) in [7, 11) is 4.90. The summed E-state index contributed by atoms with van der Waals surface area (Å²) in [5.74, 6) is 0. The monoisotopic (exact) mass is 545 g/mol. The number of nitrogens with zero attached hydrogens (tertiary/aromatic N) is 1. The van der Waals surface area contributed by atoms with Gasteiger partial charge in [0.2, 0.25) is 0 Å². The van der Waals surface area contributed by atoms with Crippen LogP contribution in [0.4, 0.5) is 0 Å². The lowest BCUT2D eigenvalue weighted by Gasteiger charge is -2.30. The first-order valence-electron chi connectivity index (χ1n) is 17.9. The van der Waals surface area contributed by atoms with E-state index in [4.69, 9.17) is 0 Å². The van der Waals surface area contributed by atoms with Gasteiger partial charge < -0.3 is 4.48 Å². The van der Waals surface area contributed by atoms with Crippen LogP contribution >= 0.6 is 0 Å². The highest BCUT2D eigenvalue weighted by Gasteiger charge is 2.13. The third kappa shape index (κ3) is 33.3. The lowest BCUT2D eigenvalue weighted by atomic mass is 10.1. The zero-order valence-corrected chi connectivity index (χ0v) is 27.7. The quantitative estimate of drug-likeness (QED) is 0.0462. The van der Waals surface area contributed by atoms with Gasteiger partial charge in [-0.1, -0.05) is 134 Å². The first kappa shape index (κ1) is 38.2. The standard InChI is InChI=1S/C38H74N/c1-5-7-9-11-13-15-17-19-21-23-25-27-29-31-33-35-37-39(3,4)38-36-34-32-30-28-26-24-22-20-18-16-14-12-10-8-6-2/h13,15,19-22H,5-12,14,16-18,23-38H2,1-4H3/q+1/b15-13-,21-19-,22-20-. The zero-order valence-electron chi connectivity index (χ0n) is 27.7. The molecule has 0 amide bonds. The van der Waals surface area contributed by atoms with Gasteiger partial charge in [-0.05, 0) is 83.5 Å². The highest BCUT2D eigenvalue weighted by Crippen LogP contribution is 2.13. The van der Waals surface area contributed by atoms with E-state index in [1.807, 2.05) is 0 Å². The van der Waals surface area contributed by atoms with Crippen LogP contribution in [0, 0.1) is 0 Å². The molecule has 0 aliphatic heterocycles. The van der Waals surface area contributed by atoms with Gasteiger partial charge in [-0.2, -0.15) is 0 Å². The lowest BCUT2D eigenvalue weighted by Crippen LogP contribution is -2.41. The number of hydrogen-bond acceptors (Lipinski definition) is 0. The highest BCUT2D eigenvalue weighted by molar-refractivity contribution is 4.92. The van der Waals surface area contributed by atoms with Crippen molar-refractivity contribution in [3.05, 3.63) is 36.5 Å². The van der Waals surface area contributed by atoms with Crippen molar-refractivity contribution in [1.29, 1.82) is 0 Å². The Morgan fingerprint density at radius 2 is 0.615 bits per heavy atom. The summed E-state index contributed by atoms with van der Waals surface area (Å²) >= 11 is 0. The van der Waals surface area contributed by atoms with Crippen molar-refractivity contribution in [2.24, 2.45) is 0 Å². The molecule has 39 heavy (non-hydrogen) atoms. The first-order valence-corrected chi connectivity index (χ1v) is 17.9. The molecule has 0 bridgehead atoms. The summed E-state index contributed by atoms with van der Waals surface area (Å²) in [6.45, 7) is 7.29. The molecule has 0 aromatic heterocycles. The molecule has 0 aliphatic carbocycles. The van der Waals surface area contributed by atoms with Crippen LogP contribution in [0.15, 0.2) is 36.5 Å². The van der Waals surface area contributed by atoms with Crippen molar-refractivity contribution in [2.75, 3.05) is 27.2 Å². The predicted octanol–water partition coefficient (Wildman–Crippen LogP) is 12.9. The lowest BCUT2D eigenvalue weighted by molar-refractivity contribution is -0.890. The van der Waals surface area contributed by atoms with Crippen LogP contribution in [-0.4, -0.2) is 31.7 Å². The van der Waals surface area contributed by atoms with E-state index in [1.54, 1.807) is 0 Å². The fourth-order valence-corrected chi connectivity index (χ4v) is 5.43. The summed E-state index contributed by atoms with van der Waals surface area (Å²) < 4.78 is 1.22. The average molecular weight is 545 g/mol. The summed E-state index contributed by atoms with van der Waals surface area (Å²) in [6.07, 6.45) is 50.1. The Balaban J connectivity index is 3.39. The van der Waals surface area contributed by atoms with Crippen molar-refractivity contribution in [1.82, 2.24) is 0 Å². The topological polar surface area (TPSA) is 0 Å². The van der Waals surface area contributed by atoms with E-state index in [1.165, 1.54) is 178 Å². The maximum Gasteiger partial charge on any atom is 0.0782 e. The molecule has 0 fully saturated rings. The van der Waals surface area contributed by atoms with Gasteiger partial charge >= 0.3 is 0 Å². The molecular formula is C38H74N+. The second-order valence-corrected chi connectivity index (χ2v) is 12.9. The predicted molar refractivity (Wildman–Crippen MR) is 181 cm³/mol. The van der Waals surface area contributed by atoms with Gasteiger partial charge in [0.1, 0.15) is 0 Å². The van der Waals surface area contributed by atoms with Gasteiger partial charge in [0.25, 0.3) is 0 Å². The van der Waals surface area contributed by atoms with E-state index in [0.29, 0.717) is 0 Å². The number of rotatable bonds is 31. The van der Waals surface area contributed by atoms with E-state index in [9.17, 15) is 0 Å². The SMILES string of the molecule is CCCCC/C=C\C/C=C\CCCCCCCC[N+](C)(C)CCCCCCCC/C=C\CCCCCCCC. The van der Waals surface area contributed by atoms with Crippen LogP contribution in [-0.2, 0) is 0 Å². The summed E-state index contributed by atoms with van der Waals surface area (Å²) in [6, 6.07) is 0. The van der Waals surface area contributed by atoms with Crippen LogP contribution < -0.4 is 0 Å². The molecule has 0 heterocycles. The Bertz CT molecular complexity index is 541. The second kappa shape index (κ2) is 31.7. The largest absolute Gasteiger partial charge is 0.328 e. The molecule has 0 aromatic rings. The molecule has 0 N–H and O–H groups in total. The molecule has 0 radical (unpaired) electrons. The third-order valence-corrected chi connectivity index (χ3v) is 8.24. The molecule has 0 saturated carbocycles. The van der Waals surface area contributed by atoms with Gasteiger partial charge in [-0.15, -0.1) is 0 Å². The molecule has 0 unspecified atom stereocenters. The molecular weight excluding hydrogens is 470 g/mol. The van der Waals surface area contributed by atoms with E-state index >= 15 is 0 Å². The first-order chi connectivity index (χ1) is 19.1. The Kier molecular flexibility index (Phi) is 31.0. The molecule has 230 valence electrons. The van der Waals surface area contributed by atoms with Crippen molar-refractivity contribution in [3.8, 4) is 0 Å². The maximum absolute atomic E-state index is 2.45. The van der Waals surface area contributed by atoms with Crippen LogP contribution in [0.5, 0.6) is 0 Å². The van der Waals surface area contributed by atoms with Crippen molar-refractivity contribution < 1.29 is 4.48 Å². The second-order valence-electron chi connectivity index (χ2n) is 12.9. The number of hydrogen-bond donors (Lipinski definition) is 0. The van der Waals surface area contributed by atoms with Crippen LogP contribution in [0.1, 0.15) is 181 Å². The summed E-state index contributed by atoms with van der Waals surface area (Å²) in [4.78, 5) is 0. The Labute approximate surface area is 248 Å². The van der Waals surface area contributed by atoms with E-state index in [0.717, 1.165) is 6.42 Å². The van der Waals surface area contributed by atoms with Gasteiger partial charge in [0.15, 0.2) is 0 Å². The third-order valence-electron chi connectivity index (χ3n) is 8.24. The molecule has 0 aromatic carbocycles. The average Bonchev–Trinajstić information content (AvgIpc) is 2.92. The number of allylic oxidation sites excluding steroid dienone is 6. The fourth-order valence-electron chi connectivity index (χ4n) is 5.43. The zero-order chi connectivity index (χ0) is 28.5. The highest BCUT2D eigenvalue weighted by atomic mass is 15.3. The molecule has 0 aliphatic rings. The molecule has 0 rings (SSSR count). The molecule has 0 spiro atoms. The van der Waals surface area contributed by atoms with E-state index < -0.39 is 0 Å². The minimum Gasteiger partial charge on any atom is -0.328 e. The number of unbranched alkanes of at least 4 members (excludes halogenated alkanes) is 21. The number of quaternary nitrogens is 1. The molecule has 1 nitrogen and oxygen atoms in total. The Morgan fingerprint density at radius 3 is 1.03 bits per heavy atom. The van der Waals surface area contributed by atoms with Crippen molar-refractivity contribution in [2.45, 2.75) is 181 Å². The minimum atomic E-state index is 1.12. The molecule has 0 atom stereocenters. The Morgan fingerprint density at radius 1 is 0.333 bits per heavy atom.